The molecule has 3 heteroatoms. The summed E-state index contributed by atoms with van der Waals surface area (Å²) in [7, 11) is 0. The lowest BCUT2D eigenvalue weighted by molar-refractivity contribution is 0.446. The van der Waals surface area contributed by atoms with Crippen LogP contribution in [-0.4, -0.2) is 19.6 Å². The first kappa shape index (κ1) is 12.6. The molecule has 0 amide bonds. The third-order valence-corrected chi connectivity index (χ3v) is 3.52. The lowest BCUT2D eigenvalue weighted by Gasteiger charge is -2.21. The van der Waals surface area contributed by atoms with Crippen molar-refractivity contribution in [2.45, 2.75) is 26.8 Å². The molecular weight excluding hydrogens is 210 g/mol. The van der Waals surface area contributed by atoms with Crippen LogP contribution in [0.5, 0.6) is 0 Å². The normalized spacial score (nSPS) is 24.2. The van der Waals surface area contributed by atoms with Gasteiger partial charge in [-0.2, -0.15) is 0 Å². The highest BCUT2D eigenvalue weighted by molar-refractivity contribution is 5.34. The van der Waals surface area contributed by atoms with E-state index < -0.39 is 0 Å². The maximum absolute atomic E-state index is 3.44. The molecule has 2 unspecified atom stereocenters. The number of hydrazine groups is 1. The molecule has 0 saturated carbocycles. The summed E-state index contributed by atoms with van der Waals surface area (Å²) in [5.74, 6) is 0.621. The van der Waals surface area contributed by atoms with Crippen LogP contribution in [0.1, 0.15) is 29.7 Å². The third kappa shape index (κ3) is 2.86. The van der Waals surface area contributed by atoms with Gasteiger partial charge in [-0.15, -0.1) is 0 Å². The van der Waals surface area contributed by atoms with Crippen LogP contribution in [-0.2, 0) is 0 Å². The van der Waals surface area contributed by atoms with Gasteiger partial charge < -0.3 is 5.32 Å². The van der Waals surface area contributed by atoms with Gasteiger partial charge in [-0.25, -0.2) is 5.43 Å². The van der Waals surface area contributed by atoms with E-state index in [1.165, 1.54) is 16.7 Å². The van der Waals surface area contributed by atoms with Crippen LogP contribution in [0.4, 0.5) is 0 Å². The predicted molar refractivity (Wildman–Crippen MR) is 71.8 cm³/mol. The molecule has 1 heterocycles. The second-order valence-corrected chi connectivity index (χ2v) is 4.93. The zero-order valence-corrected chi connectivity index (χ0v) is 11.0. The van der Waals surface area contributed by atoms with Crippen molar-refractivity contribution in [3.63, 3.8) is 0 Å². The topological polar surface area (TPSA) is 36.1 Å². The van der Waals surface area contributed by atoms with Crippen molar-refractivity contribution in [3.8, 4) is 0 Å². The van der Waals surface area contributed by atoms with Gasteiger partial charge in [0.15, 0.2) is 0 Å². The fraction of sp³-hybridized carbons (Fsp3) is 0.571. The highest BCUT2D eigenvalue weighted by Crippen LogP contribution is 2.27. The number of hydrogen-bond acceptors (Lipinski definition) is 3. The standard InChI is InChI=1S/C14H23N3/c1-4-15-8-12-9-16-17-14(12)13-7-10(2)5-6-11(13)3/h5-7,12,14-17H,4,8-9H2,1-3H3. The van der Waals surface area contributed by atoms with Crippen LogP contribution < -0.4 is 16.2 Å². The average Bonchev–Trinajstić information content (AvgIpc) is 2.77. The lowest BCUT2D eigenvalue weighted by Crippen LogP contribution is -2.29. The maximum Gasteiger partial charge on any atom is 0.0518 e. The summed E-state index contributed by atoms with van der Waals surface area (Å²) in [4.78, 5) is 0. The highest BCUT2D eigenvalue weighted by Gasteiger charge is 2.28. The van der Waals surface area contributed by atoms with E-state index in [0.717, 1.165) is 19.6 Å². The van der Waals surface area contributed by atoms with E-state index in [2.05, 4.69) is 55.1 Å². The van der Waals surface area contributed by atoms with Gasteiger partial charge in [0.05, 0.1) is 6.04 Å². The van der Waals surface area contributed by atoms with E-state index >= 15 is 0 Å². The van der Waals surface area contributed by atoms with E-state index in [-0.39, 0.29) is 0 Å². The molecular formula is C14H23N3. The Hall–Kier alpha value is -0.900. The summed E-state index contributed by atoms with van der Waals surface area (Å²) in [6, 6.07) is 7.13. The molecule has 0 bridgehead atoms. The maximum atomic E-state index is 3.44. The Morgan fingerprint density at radius 3 is 2.94 bits per heavy atom. The molecule has 1 aromatic carbocycles. The molecule has 17 heavy (non-hydrogen) atoms. The second kappa shape index (κ2) is 5.63. The van der Waals surface area contributed by atoms with E-state index in [4.69, 9.17) is 0 Å². The Morgan fingerprint density at radius 2 is 2.18 bits per heavy atom. The first-order valence-electron chi connectivity index (χ1n) is 6.48. The molecule has 1 aliphatic rings. The van der Waals surface area contributed by atoms with Crippen LogP contribution in [0.2, 0.25) is 0 Å². The molecule has 94 valence electrons. The van der Waals surface area contributed by atoms with Crippen molar-refractivity contribution in [1.29, 1.82) is 0 Å². The van der Waals surface area contributed by atoms with E-state index in [1.807, 2.05) is 0 Å². The minimum absolute atomic E-state index is 0.425. The van der Waals surface area contributed by atoms with E-state index in [1.54, 1.807) is 0 Å². The quantitative estimate of drug-likeness (QED) is 0.740. The van der Waals surface area contributed by atoms with Crippen LogP contribution >= 0.6 is 0 Å². The van der Waals surface area contributed by atoms with Crippen molar-refractivity contribution >= 4 is 0 Å². The van der Waals surface area contributed by atoms with E-state index in [0.29, 0.717) is 12.0 Å². The zero-order valence-electron chi connectivity index (χ0n) is 11.0. The number of nitrogens with one attached hydrogen (secondary N) is 3. The van der Waals surface area contributed by atoms with Crippen LogP contribution in [0.25, 0.3) is 0 Å². The third-order valence-electron chi connectivity index (χ3n) is 3.52. The monoisotopic (exact) mass is 233 g/mol. The van der Waals surface area contributed by atoms with Gasteiger partial charge in [-0.1, -0.05) is 30.7 Å². The lowest BCUT2D eigenvalue weighted by atomic mass is 9.91. The molecule has 1 saturated heterocycles. The summed E-state index contributed by atoms with van der Waals surface area (Å²) in [5.41, 5.74) is 10.8. The molecule has 2 rings (SSSR count). The number of benzene rings is 1. The Bertz CT molecular complexity index is 376. The second-order valence-electron chi connectivity index (χ2n) is 4.93. The van der Waals surface area contributed by atoms with Crippen molar-refractivity contribution in [1.82, 2.24) is 16.2 Å². The minimum Gasteiger partial charge on any atom is -0.317 e. The van der Waals surface area contributed by atoms with Crippen molar-refractivity contribution in [2.75, 3.05) is 19.6 Å². The fourth-order valence-corrected chi connectivity index (χ4v) is 2.48. The summed E-state index contributed by atoms with van der Waals surface area (Å²) >= 11 is 0. The summed E-state index contributed by atoms with van der Waals surface area (Å²) in [6.45, 7) is 9.64. The SMILES string of the molecule is CCNCC1CNNC1c1cc(C)ccc1C. The molecule has 3 N–H and O–H groups in total. The number of aryl methyl sites for hydroxylation is 2. The summed E-state index contributed by atoms with van der Waals surface area (Å²) in [6.07, 6.45) is 0. The summed E-state index contributed by atoms with van der Waals surface area (Å²) < 4.78 is 0. The van der Waals surface area contributed by atoms with Gasteiger partial charge in [-0.05, 0) is 31.5 Å². The molecule has 0 radical (unpaired) electrons. The molecule has 1 fully saturated rings. The highest BCUT2D eigenvalue weighted by atomic mass is 15.4. The molecule has 0 spiro atoms. The van der Waals surface area contributed by atoms with Gasteiger partial charge in [0.2, 0.25) is 0 Å². The largest absolute Gasteiger partial charge is 0.317 e. The number of rotatable bonds is 4. The van der Waals surface area contributed by atoms with Crippen molar-refractivity contribution in [2.24, 2.45) is 5.92 Å². The van der Waals surface area contributed by atoms with Crippen LogP contribution in [0.15, 0.2) is 18.2 Å². The Labute approximate surface area is 104 Å². The Balaban J connectivity index is 2.16. The molecule has 3 nitrogen and oxygen atoms in total. The molecule has 2 atom stereocenters. The number of hydrogen-bond donors (Lipinski definition) is 3. The van der Waals surface area contributed by atoms with E-state index in [9.17, 15) is 0 Å². The smallest absolute Gasteiger partial charge is 0.0518 e. The first-order valence-corrected chi connectivity index (χ1v) is 6.48. The van der Waals surface area contributed by atoms with Gasteiger partial charge in [0, 0.05) is 19.0 Å². The van der Waals surface area contributed by atoms with Gasteiger partial charge in [0.1, 0.15) is 0 Å². The van der Waals surface area contributed by atoms with Crippen LogP contribution in [0.3, 0.4) is 0 Å². The first-order chi connectivity index (χ1) is 8.22. The van der Waals surface area contributed by atoms with Gasteiger partial charge in [-0.3, -0.25) is 5.43 Å². The van der Waals surface area contributed by atoms with Crippen molar-refractivity contribution < 1.29 is 0 Å². The Morgan fingerprint density at radius 1 is 1.35 bits per heavy atom. The summed E-state index contributed by atoms with van der Waals surface area (Å²) in [5, 5.41) is 3.44. The van der Waals surface area contributed by atoms with Gasteiger partial charge in [0.25, 0.3) is 0 Å². The average molecular weight is 233 g/mol. The molecule has 0 aromatic heterocycles. The molecule has 0 aliphatic carbocycles. The zero-order chi connectivity index (χ0) is 12.3. The Kier molecular flexibility index (Phi) is 4.15. The molecule has 1 aliphatic heterocycles. The van der Waals surface area contributed by atoms with Crippen LogP contribution in [0, 0.1) is 19.8 Å². The predicted octanol–water partition coefficient (Wildman–Crippen LogP) is 1.68. The van der Waals surface area contributed by atoms with Crippen molar-refractivity contribution in [3.05, 3.63) is 34.9 Å². The minimum atomic E-state index is 0.425. The fourth-order valence-electron chi connectivity index (χ4n) is 2.48. The molecule has 1 aromatic rings. The van der Waals surface area contributed by atoms with Gasteiger partial charge >= 0.3 is 0 Å².